The molecule has 0 aliphatic carbocycles. The quantitative estimate of drug-likeness (QED) is 0.508. The average Bonchev–Trinajstić information content (AvgIpc) is 1.83. The highest BCUT2D eigenvalue weighted by Gasteiger charge is 1.88. The van der Waals surface area contributed by atoms with Crippen LogP contribution in [0.15, 0.2) is 11.6 Å². The van der Waals surface area contributed by atoms with E-state index in [1.165, 1.54) is 18.4 Å². The summed E-state index contributed by atoms with van der Waals surface area (Å²) in [6, 6.07) is 0. The van der Waals surface area contributed by atoms with Gasteiger partial charge < -0.3 is 0 Å². The van der Waals surface area contributed by atoms with Crippen molar-refractivity contribution in [1.29, 1.82) is 0 Å². The van der Waals surface area contributed by atoms with Gasteiger partial charge >= 0.3 is 0 Å². The first kappa shape index (κ1) is 8.74. The van der Waals surface area contributed by atoms with Gasteiger partial charge in [0.25, 0.3) is 0 Å². The Bertz CT molecular complexity index is 88.2. The van der Waals surface area contributed by atoms with Crippen LogP contribution in [0.25, 0.3) is 0 Å². The smallest absolute Gasteiger partial charge is 0.0325 e. The molecule has 0 atom stereocenters. The summed E-state index contributed by atoms with van der Waals surface area (Å²) in [4.78, 5) is 0. The van der Waals surface area contributed by atoms with Gasteiger partial charge in [0, 0.05) is 0 Å². The maximum Gasteiger partial charge on any atom is -0.0325 e. The maximum absolute atomic E-state index is 2.34. The minimum Gasteiger partial charge on any atom is -0.0854 e. The van der Waals surface area contributed by atoms with Crippen LogP contribution in [0.1, 0.15) is 40.5 Å². The van der Waals surface area contributed by atoms with Gasteiger partial charge in [0.05, 0.1) is 0 Å². The third kappa shape index (κ3) is 5.61. The normalized spacial score (nSPS) is 12.8. The van der Waals surface area contributed by atoms with Gasteiger partial charge in [-0.05, 0) is 25.7 Å². The Balaban J connectivity index is 3.43. The zero-order chi connectivity index (χ0) is 7.28. The van der Waals surface area contributed by atoms with Gasteiger partial charge in [-0.2, -0.15) is 0 Å². The molecule has 0 amide bonds. The lowest BCUT2D eigenvalue weighted by Crippen LogP contribution is -1.83. The number of rotatable bonds is 3. The minimum atomic E-state index is 0.812. The highest BCUT2D eigenvalue weighted by molar-refractivity contribution is 4.96. The van der Waals surface area contributed by atoms with Crippen molar-refractivity contribution in [1.82, 2.24) is 0 Å². The van der Waals surface area contributed by atoms with E-state index in [1.807, 2.05) is 0 Å². The van der Waals surface area contributed by atoms with Crippen molar-refractivity contribution in [2.24, 2.45) is 5.92 Å². The average molecular weight is 126 g/mol. The van der Waals surface area contributed by atoms with Gasteiger partial charge in [0.15, 0.2) is 0 Å². The molecule has 0 heterocycles. The van der Waals surface area contributed by atoms with Crippen molar-refractivity contribution in [2.45, 2.75) is 40.5 Å². The third-order valence-electron chi connectivity index (χ3n) is 1.50. The standard InChI is InChI=1S/C9H18/c1-5-9(4)7-6-8(2)3/h7-8H,5-6H2,1-4H3. The summed E-state index contributed by atoms with van der Waals surface area (Å²) < 4.78 is 0. The Morgan fingerprint density at radius 1 is 1.44 bits per heavy atom. The van der Waals surface area contributed by atoms with Crippen LogP contribution in [0.3, 0.4) is 0 Å². The van der Waals surface area contributed by atoms with E-state index >= 15 is 0 Å². The SMILES string of the molecule is CCC(C)=CCC(C)C. The summed E-state index contributed by atoms with van der Waals surface area (Å²) in [5, 5.41) is 0. The molecule has 0 fully saturated rings. The van der Waals surface area contributed by atoms with Crippen LogP contribution in [0.4, 0.5) is 0 Å². The zero-order valence-electron chi connectivity index (χ0n) is 7.07. The Hall–Kier alpha value is -0.260. The summed E-state index contributed by atoms with van der Waals surface area (Å²) in [6.07, 6.45) is 4.77. The fourth-order valence-corrected chi connectivity index (χ4v) is 0.581. The summed E-state index contributed by atoms with van der Waals surface area (Å²) >= 11 is 0. The molecule has 54 valence electrons. The monoisotopic (exact) mass is 126 g/mol. The van der Waals surface area contributed by atoms with Crippen molar-refractivity contribution in [3.63, 3.8) is 0 Å². The molecule has 0 unspecified atom stereocenters. The first-order chi connectivity index (χ1) is 4.16. The molecule has 0 aliphatic rings. The topological polar surface area (TPSA) is 0 Å². The molecule has 0 aliphatic heterocycles. The van der Waals surface area contributed by atoms with Crippen LogP contribution in [0, 0.1) is 5.92 Å². The van der Waals surface area contributed by atoms with Crippen LogP contribution >= 0.6 is 0 Å². The Morgan fingerprint density at radius 3 is 2.33 bits per heavy atom. The van der Waals surface area contributed by atoms with Gasteiger partial charge in [-0.1, -0.05) is 32.4 Å². The predicted molar refractivity (Wildman–Crippen MR) is 43.5 cm³/mol. The molecular formula is C9H18. The lowest BCUT2D eigenvalue weighted by Gasteiger charge is -1.99. The Kier molecular flexibility index (Phi) is 4.47. The van der Waals surface area contributed by atoms with Gasteiger partial charge in [0.2, 0.25) is 0 Å². The molecule has 0 rings (SSSR count). The summed E-state index contributed by atoms with van der Waals surface area (Å²) in [6.45, 7) is 8.90. The molecule has 0 radical (unpaired) electrons. The molecule has 0 saturated heterocycles. The van der Waals surface area contributed by atoms with Crippen molar-refractivity contribution < 1.29 is 0 Å². The fourth-order valence-electron chi connectivity index (χ4n) is 0.581. The second-order valence-electron chi connectivity index (χ2n) is 3.03. The van der Waals surface area contributed by atoms with E-state index in [0.29, 0.717) is 0 Å². The molecule has 0 N–H and O–H groups in total. The van der Waals surface area contributed by atoms with Crippen LogP contribution < -0.4 is 0 Å². The predicted octanol–water partition coefficient (Wildman–Crippen LogP) is 3.39. The lowest BCUT2D eigenvalue weighted by atomic mass is 10.1. The molecule has 0 aromatic heterocycles. The summed E-state index contributed by atoms with van der Waals surface area (Å²) in [5.41, 5.74) is 1.52. The van der Waals surface area contributed by atoms with Crippen molar-refractivity contribution in [3.8, 4) is 0 Å². The van der Waals surface area contributed by atoms with Crippen LogP contribution in [0.2, 0.25) is 0 Å². The molecule has 0 heteroatoms. The van der Waals surface area contributed by atoms with E-state index < -0.39 is 0 Å². The zero-order valence-corrected chi connectivity index (χ0v) is 7.07. The van der Waals surface area contributed by atoms with Crippen molar-refractivity contribution in [3.05, 3.63) is 11.6 Å². The largest absolute Gasteiger partial charge is 0.0854 e. The summed E-state index contributed by atoms with van der Waals surface area (Å²) in [7, 11) is 0. The van der Waals surface area contributed by atoms with Gasteiger partial charge in [-0.15, -0.1) is 0 Å². The molecule has 9 heavy (non-hydrogen) atoms. The second kappa shape index (κ2) is 4.60. The maximum atomic E-state index is 2.34. The number of hydrogen-bond acceptors (Lipinski definition) is 0. The third-order valence-corrected chi connectivity index (χ3v) is 1.50. The van der Waals surface area contributed by atoms with Crippen molar-refractivity contribution >= 4 is 0 Å². The van der Waals surface area contributed by atoms with E-state index in [-0.39, 0.29) is 0 Å². The highest BCUT2D eigenvalue weighted by atomic mass is 13.9. The number of hydrogen-bond donors (Lipinski definition) is 0. The minimum absolute atomic E-state index is 0.812. The van der Waals surface area contributed by atoms with Crippen molar-refractivity contribution in [2.75, 3.05) is 0 Å². The Morgan fingerprint density at radius 2 is 2.00 bits per heavy atom. The van der Waals surface area contributed by atoms with E-state index in [2.05, 4.69) is 33.8 Å². The van der Waals surface area contributed by atoms with Crippen LogP contribution in [-0.2, 0) is 0 Å². The molecular weight excluding hydrogens is 108 g/mol. The van der Waals surface area contributed by atoms with E-state index in [0.717, 1.165) is 5.92 Å². The second-order valence-corrected chi connectivity index (χ2v) is 3.03. The van der Waals surface area contributed by atoms with Gasteiger partial charge in [-0.25, -0.2) is 0 Å². The molecule has 0 aromatic carbocycles. The summed E-state index contributed by atoms with van der Waals surface area (Å²) in [5.74, 6) is 0.812. The molecule has 0 bridgehead atoms. The Labute approximate surface area is 59.0 Å². The van der Waals surface area contributed by atoms with E-state index in [9.17, 15) is 0 Å². The number of allylic oxidation sites excluding steroid dienone is 2. The molecule has 0 nitrogen and oxygen atoms in total. The van der Waals surface area contributed by atoms with Crippen LogP contribution in [0.5, 0.6) is 0 Å². The first-order valence-electron chi connectivity index (χ1n) is 3.82. The fraction of sp³-hybridized carbons (Fsp3) is 0.778. The highest BCUT2D eigenvalue weighted by Crippen LogP contribution is 2.05. The first-order valence-corrected chi connectivity index (χ1v) is 3.82. The van der Waals surface area contributed by atoms with Gasteiger partial charge in [0.1, 0.15) is 0 Å². The van der Waals surface area contributed by atoms with Gasteiger partial charge in [-0.3, -0.25) is 0 Å². The van der Waals surface area contributed by atoms with Crippen LogP contribution in [-0.4, -0.2) is 0 Å². The molecule has 0 saturated carbocycles. The lowest BCUT2D eigenvalue weighted by molar-refractivity contribution is 0.660. The molecule has 0 spiro atoms. The van der Waals surface area contributed by atoms with E-state index in [1.54, 1.807) is 0 Å². The molecule has 0 aromatic rings. The van der Waals surface area contributed by atoms with E-state index in [4.69, 9.17) is 0 Å².